The summed E-state index contributed by atoms with van der Waals surface area (Å²) in [6, 6.07) is 8.83. The van der Waals surface area contributed by atoms with Gasteiger partial charge in [-0.15, -0.1) is 0 Å². The Morgan fingerprint density at radius 3 is 2.17 bits per heavy atom. The molecule has 6 rings (SSSR count). The van der Waals surface area contributed by atoms with Crippen LogP contribution in [0, 0.1) is 10.8 Å². The molecule has 23 heavy (non-hydrogen) atoms. The standard InChI is InChI=1S/C19H25N3O/c1-18-9-21-11-19(2,17(18)23)12-22(10-18)16(21)14-8-20(3)15-7-5-4-6-13(14)15/h4-7,14,16H,8-12H2,1-3H3. The first-order valence-electron chi connectivity index (χ1n) is 8.74. The molecule has 1 atom stereocenters. The van der Waals surface area contributed by atoms with Crippen molar-refractivity contribution >= 4 is 11.5 Å². The third-order valence-electron chi connectivity index (χ3n) is 6.63. The fraction of sp³-hybridized carbons (Fsp3) is 0.632. The van der Waals surface area contributed by atoms with Crippen molar-refractivity contribution in [3.8, 4) is 0 Å². The zero-order valence-corrected chi connectivity index (χ0v) is 14.2. The van der Waals surface area contributed by atoms with Crippen LogP contribution in [0.1, 0.15) is 25.3 Å². The Morgan fingerprint density at radius 2 is 1.57 bits per heavy atom. The number of nitrogens with zero attached hydrogens (tertiary/aromatic N) is 3. The number of rotatable bonds is 1. The van der Waals surface area contributed by atoms with E-state index in [1.807, 2.05) is 0 Å². The van der Waals surface area contributed by atoms with Crippen molar-refractivity contribution in [1.29, 1.82) is 0 Å². The van der Waals surface area contributed by atoms with Crippen molar-refractivity contribution in [3.63, 3.8) is 0 Å². The molecule has 4 fully saturated rings. The molecule has 0 spiro atoms. The predicted octanol–water partition coefficient (Wildman–Crippen LogP) is 1.77. The van der Waals surface area contributed by atoms with Gasteiger partial charge in [-0.2, -0.15) is 0 Å². The molecule has 4 nitrogen and oxygen atoms in total. The highest BCUT2D eigenvalue weighted by Gasteiger charge is 2.63. The summed E-state index contributed by atoms with van der Waals surface area (Å²) in [4.78, 5) is 20.4. The Hall–Kier alpha value is -1.39. The van der Waals surface area contributed by atoms with E-state index in [0.29, 0.717) is 17.9 Å². The minimum absolute atomic E-state index is 0.161. The van der Waals surface area contributed by atoms with E-state index in [2.05, 4.69) is 59.9 Å². The molecule has 4 saturated heterocycles. The van der Waals surface area contributed by atoms with Gasteiger partial charge in [-0.05, 0) is 11.6 Å². The van der Waals surface area contributed by atoms with Crippen molar-refractivity contribution < 1.29 is 4.79 Å². The Balaban J connectivity index is 1.54. The molecule has 0 aromatic heterocycles. The Kier molecular flexibility index (Phi) is 2.54. The van der Waals surface area contributed by atoms with Crippen molar-refractivity contribution in [1.82, 2.24) is 9.80 Å². The summed E-state index contributed by atoms with van der Waals surface area (Å²) < 4.78 is 0. The highest BCUT2D eigenvalue weighted by atomic mass is 16.1. The molecule has 5 aliphatic rings. The average Bonchev–Trinajstić information content (AvgIpc) is 2.81. The fourth-order valence-corrected chi connectivity index (χ4v) is 6.03. The summed E-state index contributed by atoms with van der Waals surface area (Å²) in [6.45, 7) is 9.18. The number of anilines is 1. The molecule has 0 N–H and O–H groups in total. The van der Waals surface area contributed by atoms with Crippen molar-refractivity contribution in [2.45, 2.75) is 25.9 Å². The number of fused-ring (bicyclic) bond motifs is 1. The molecule has 4 bridgehead atoms. The molecule has 5 aliphatic heterocycles. The first-order chi connectivity index (χ1) is 10.9. The lowest BCUT2D eigenvalue weighted by molar-refractivity contribution is -0.198. The number of para-hydroxylation sites is 1. The van der Waals surface area contributed by atoms with Crippen LogP contribution in [-0.4, -0.2) is 61.5 Å². The van der Waals surface area contributed by atoms with Crippen molar-refractivity contribution in [2.24, 2.45) is 10.8 Å². The number of ketones is 1. The minimum atomic E-state index is -0.161. The number of hydrogen-bond acceptors (Lipinski definition) is 4. The van der Waals surface area contributed by atoms with Gasteiger partial charge in [0.15, 0.2) is 0 Å². The van der Waals surface area contributed by atoms with Crippen LogP contribution >= 0.6 is 0 Å². The lowest BCUT2D eigenvalue weighted by Gasteiger charge is -2.65. The van der Waals surface area contributed by atoms with Crippen molar-refractivity contribution in [3.05, 3.63) is 29.8 Å². The van der Waals surface area contributed by atoms with Gasteiger partial charge >= 0.3 is 0 Å². The van der Waals surface area contributed by atoms with Crippen LogP contribution in [0.2, 0.25) is 0 Å². The van der Waals surface area contributed by atoms with Gasteiger partial charge < -0.3 is 4.90 Å². The van der Waals surface area contributed by atoms with Gasteiger partial charge in [-0.25, -0.2) is 0 Å². The van der Waals surface area contributed by atoms with Gasteiger partial charge in [0.2, 0.25) is 0 Å². The van der Waals surface area contributed by atoms with Crippen LogP contribution in [0.15, 0.2) is 24.3 Å². The van der Waals surface area contributed by atoms with Crippen LogP contribution in [0.25, 0.3) is 0 Å². The van der Waals surface area contributed by atoms with Gasteiger partial charge in [0, 0.05) is 51.4 Å². The number of benzene rings is 1. The summed E-state index contributed by atoms with van der Waals surface area (Å²) in [6.07, 6.45) is 0.454. The fourth-order valence-electron chi connectivity index (χ4n) is 6.03. The van der Waals surface area contributed by atoms with E-state index >= 15 is 0 Å². The summed E-state index contributed by atoms with van der Waals surface area (Å²) in [5.74, 6) is 1.03. The molecule has 1 aromatic carbocycles. The molecule has 5 heterocycles. The zero-order chi connectivity index (χ0) is 16.0. The second kappa shape index (κ2) is 4.17. The van der Waals surface area contributed by atoms with Gasteiger partial charge in [0.25, 0.3) is 0 Å². The van der Waals surface area contributed by atoms with E-state index in [-0.39, 0.29) is 10.8 Å². The monoisotopic (exact) mass is 311 g/mol. The summed E-state index contributed by atoms with van der Waals surface area (Å²) >= 11 is 0. The first kappa shape index (κ1) is 14.0. The number of likely N-dealkylation sites (N-methyl/N-ethyl adjacent to an activating group) is 1. The maximum atomic E-state index is 12.8. The minimum Gasteiger partial charge on any atom is -0.374 e. The Morgan fingerprint density at radius 1 is 1.00 bits per heavy atom. The molecule has 1 aromatic rings. The van der Waals surface area contributed by atoms with Crippen LogP contribution in [0.3, 0.4) is 0 Å². The van der Waals surface area contributed by atoms with Crippen LogP contribution in [-0.2, 0) is 4.79 Å². The summed E-state index contributed by atoms with van der Waals surface area (Å²) in [5.41, 5.74) is 2.54. The lowest BCUT2D eigenvalue weighted by Crippen LogP contribution is -2.79. The van der Waals surface area contributed by atoms with Crippen LogP contribution in [0.5, 0.6) is 0 Å². The third kappa shape index (κ3) is 1.66. The lowest BCUT2D eigenvalue weighted by atomic mass is 9.61. The zero-order valence-electron chi connectivity index (χ0n) is 14.2. The van der Waals surface area contributed by atoms with Gasteiger partial charge in [0.05, 0.1) is 17.0 Å². The highest BCUT2D eigenvalue weighted by Crippen LogP contribution is 2.52. The normalized spacial score (nSPS) is 47.3. The summed E-state index contributed by atoms with van der Waals surface area (Å²) in [7, 11) is 2.20. The quantitative estimate of drug-likeness (QED) is 0.790. The molecule has 0 aliphatic carbocycles. The molecule has 0 radical (unpaired) electrons. The Labute approximate surface area is 138 Å². The van der Waals surface area contributed by atoms with Crippen molar-refractivity contribution in [2.75, 3.05) is 44.7 Å². The average molecular weight is 311 g/mol. The van der Waals surface area contributed by atoms with E-state index in [1.165, 1.54) is 11.3 Å². The predicted molar refractivity (Wildman–Crippen MR) is 90.6 cm³/mol. The highest BCUT2D eigenvalue weighted by molar-refractivity contribution is 5.92. The van der Waals surface area contributed by atoms with Gasteiger partial charge in [-0.1, -0.05) is 32.0 Å². The van der Waals surface area contributed by atoms with E-state index in [0.717, 1.165) is 32.7 Å². The number of piperidine rings is 2. The topological polar surface area (TPSA) is 26.8 Å². The first-order valence-corrected chi connectivity index (χ1v) is 8.74. The SMILES string of the molecule is CN1CC(C2N3CC4(C)CN2CC(C)(C3)C4=O)c2ccccc21. The Bertz CT molecular complexity index is 660. The molecular formula is C19H25N3O. The number of Topliss-reactive ketones (excluding diaryl/α,β-unsaturated/α-hetero) is 1. The van der Waals surface area contributed by atoms with Crippen LogP contribution in [0.4, 0.5) is 5.69 Å². The molecule has 1 unspecified atom stereocenters. The number of carbonyl (C=O) groups excluding carboxylic acids is 1. The molecular weight excluding hydrogens is 286 g/mol. The van der Waals surface area contributed by atoms with Crippen LogP contribution < -0.4 is 4.90 Å². The summed E-state index contributed by atoms with van der Waals surface area (Å²) in [5, 5.41) is 0. The molecule has 122 valence electrons. The van der Waals surface area contributed by atoms with E-state index in [4.69, 9.17) is 0 Å². The van der Waals surface area contributed by atoms with Gasteiger partial charge in [-0.3, -0.25) is 14.6 Å². The number of carbonyl (C=O) groups is 1. The second-order valence-electron chi connectivity index (χ2n) is 8.72. The van der Waals surface area contributed by atoms with E-state index < -0.39 is 0 Å². The smallest absolute Gasteiger partial charge is 0.149 e. The van der Waals surface area contributed by atoms with E-state index in [1.54, 1.807) is 0 Å². The molecule has 4 heteroatoms. The third-order valence-corrected chi connectivity index (χ3v) is 6.63. The molecule has 0 amide bonds. The maximum Gasteiger partial charge on any atom is 0.149 e. The number of hydrogen-bond donors (Lipinski definition) is 0. The second-order valence-corrected chi connectivity index (χ2v) is 8.72. The van der Waals surface area contributed by atoms with E-state index in [9.17, 15) is 4.79 Å². The maximum absolute atomic E-state index is 12.8. The largest absolute Gasteiger partial charge is 0.374 e. The van der Waals surface area contributed by atoms with Gasteiger partial charge in [0.1, 0.15) is 5.78 Å². The molecule has 0 saturated carbocycles.